The maximum Gasteiger partial charge on any atom is 0.265 e. The van der Waals surface area contributed by atoms with Gasteiger partial charge in [0.1, 0.15) is 5.57 Å². The number of carbonyl (C=O) groups excluding carboxylic acids is 2. The van der Waals surface area contributed by atoms with Gasteiger partial charge in [0, 0.05) is 45.2 Å². The lowest BCUT2D eigenvalue weighted by Crippen LogP contribution is -2.53. The van der Waals surface area contributed by atoms with Crippen LogP contribution in [0.4, 0.5) is 0 Å². The lowest BCUT2D eigenvalue weighted by molar-refractivity contribution is -0.128. The molecule has 1 N–H and O–H groups in total. The van der Waals surface area contributed by atoms with Gasteiger partial charge < -0.3 is 4.57 Å². The summed E-state index contributed by atoms with van der Waals surface area (Å²) in [5.74, 6) is -0.884. The molecule has 0 unspecified atom stereocenters. The molecule has 2 heterocycles. The highest BCUT2D eigenvalue weighted by Crippen LogP contribution is 2.29. The molecular weight excluding hydrogens is 486 g/mol. The minimum Gasteiger partial charge on any atom is -0.342 e. The van der Waals surface area contributed by atoms with Crippen LogP contribution in [0.5, 0.6) is 0 Å². The summed E-state index contributed by atoms with van der Waals surface area (Å²) in [7, 11) is 0. The maximum atomic E-state index is 12.8. The van der Waals surface area contributed by atoms with Crippen molar-refractivity contribution >= 4 is 73.7 Å². The summed E-state index contributed by atoms with van der Waals surface area (Å²) in [4.78, 5) is 26.7. The number of carbonyl (C=O) groups is 2. The average molecular weight is 503 g/mol. The van der Waals surface area contributed by atoms with Gasteiger partial charge in [-0.25, -0.2) is 0 Å². The van der Waals surface area contributed by atoms with Crippen molar-refractivity contribution in [1.29, 1.82) is 0 Å². The van der Waals surface area contributed by atoms with Gasteiger partial charge in [0.15, 0.2) is 5.11 Å². The Morgan fingerprint density at radius 2 is 1.97 bits per heavy atom. The van der Waals surface area contributed by atoms with Crippen LogP contribution in [0.3, 0.4) is 0 Å². The molecule has 5 nitrogen and oxygen atoms in total. The lowest BCUT2D eigenvalue weighted by Gasteiger charge is -2.27. The Labute approximate surface area is 192 Å². The molecule has 0 aliphatic carbocycles. The number of benzene rings is 2. The van der Waals surface area contributed by atoms with Gasteiger partial charge in [-0.05, 0) is 55.0 Å². The van der Waals surface area contributed by atoms with Gasteiger partial charge in [-0.15, -0.1) is 0 Å². The van der Waals surface area contributed by atoms with Crippen molar-refractivity contribution in [1.82, 2.24) is 14.8 Å². The largest absolute Gasteiger partial charge is 0.342 e. The van der Waals surface area contributed by atoms with Crippen molar-refractivity contribution in [2.75, 3.05) is 6.54 Å². The molecule has 0 saturated carbocycles. The van der Waals surface area contributed by atoms with E-state index in [1.807, 2.05) is 55.6 Å². The van der Waals surface area contributed by atoms with Gasteiger partial charge in [-0.2, -0.15) is 0 Å². The number of hydrogen-bond donors (Lipinski definition) is 1. The second-order valence-electron chi connectivity index (χ2n) is 6.83. The Balaban J connectivity index is 1.83. The maximum absolute atomic E-state index is 12.8. The molecule has 3 aromatic rings. The van der Waals surface area contributed by atoms with Crippen LogP contribution < -0.4 is 5.32 Å². The highest BCUT2D eigenvalue weighted by molar-refractivity contribution is 9.10. The highest BCUT2D eigenvalue weighted by Gasteiger charge is 2.32. The molecule has 1 aromatic heterocycles. The molecule has 0 bridgehead atoms. The van der Waals surface area contributed by atoms with Gasteiger partial charge in [0.2, 0.25) is 0 Å². The van der Waals surface area contributed by atoms with E-state index < -0.39 is 11.8 Å². The van der Waals surface area contributed by atoms with E-state index in [1.54, 1.807) is 6.08 Å². The Morgan fingerprint density at radius 3 is 2.70 bits per heavy atom. The molecule has 0 radical (unpaired) electrons. The number of aromatic nitrogens is 1. The lowest BCUT2D eigenvalue weighted by atomic mass is 10.1. The summed E-state index contributed by atoms with van der Waals surface area (Å²) in [6.45, 7) is 2.76. The van der Waals surface area contributed by atoms with Crippen molar-refractivity contribution < 1.29 is 9.59 Å². The van der Waals surface area contributed by atoms with Gasteiger partial charge >= 0.3 is 0 Å². The molecule has 2 amide bonds. The Hall–Kier alpha value is -2.48. The summed E-state index contributed by atoms with van der Waals surface area (Å²) in [5, 5.41) is 4.33. The Bertz CT molecular complexity index is 1230. The van der Waals surface area contributed by atoms with Crippen LogP contribution in [0.15, 0.2) is 58.7 Å². The molecule has 152 valence electrons. The second kappa shape index (κ2) is 8.34. The number of likely N-dealkylation sites (N-methyl/N-ethyl adjacent to an activating group) is 1. The fourth-order valence-electron chi connectivity index (χ4n) is 3.49. The number of nitrogens with zero attached hydrogens (tertiary/aromatic N) is 2. The van der Waals surface area contributed by atoms with Crippen LogP contribution in [-0.2, 0) is 16.1 Å². The first-order chi connectivity index (χ1) is 14.4. The van der Waals surface area contributed by atoms with E-state index in [1.165, 1.54) is 4.90 Å². The Morgan fingerprint density at radius 1 is 1.20 bits per heavy atom. The monoisotopic (exact) mass is 501 g/mol. The van der Waals surface area contributed by atoms with Crippen LogP contribution in [0.2, 0.25) is 5.02 Å². The SMILES string of the molecule is CCN1C(=O)/C(=C/c2cn(Cc3ccccc3Cl)c3ccc(Br)cc23)C(=O)NC1=S. The molecule has 1 saturated heterocycles. The molecule has 4 rings (SSSR count). The van der Waals surface area contributed by atoms with Crippen molar-refractivity contribution in [2.24, 2.45) is 0 Å². The summed E-state index contributed by atoms with van der Waals surface area (Å²) in [6, 6.07) is 13.6. The third-order valence-electron chi connectivity index (χ3n) is 4.97. The van der Waals surface area contributed by atoms with E-state index in [4.69, 9.17) is 23.8 Å². The van der Waals surface area contributed by atoms with Crippen LogP contribution in [0, 0.1) is 0 Å². The van der Waals surface area contributed by atoms with E-state index in [9.17, 15) is 9.59 Å². The first kappa shape index (κ1) is 20.8. The van der Waals surface area contributed by atoms with E-state index in [-0.39, 0.29) is 10.7 Å². The molecule has 1 aliphatic rings. The first-order valence-corrected chi connectivity index (χ1v) is 10.9. The number of nitrogens with one attached hydrogen (secondary N) is 1. The predicted molar refractivity (Wildman–Crippen MR) is 126 cm³/mol. The number of rotatable bonds is 4. The highest BCUT2D eigenvalue weighted by atomic mass is 79.9. The number of amides is 2. The topological polar surface area (TPSA) is 54.3 Å². The van der Waals surface area contributed by atoms with E-state index in [0.29, 0.717) is 18.1 Å². The van der Waals surface area contributed by atoms with E-state index in [2.05, 4.69) is 25.8 Å². The quantitative estimate of drug-likeness (QED) is 0.318. The molecule has 2 aromatic carbocycles. The third-order valence-corrected chi connectivity index (χ3v) is 6.16. The zero-order valence-corrected chi connectivity index (χ0v) is 19.1. The zero-order valence-electron chi connectivity index (χ0n) is 16.0. The Kier molecular flexibility index (Phi) is 5.77. The number of fused-ring (bicyclic) bond motifs is 1. The molecule has 0 atom stereocenters. The molecule has 1 fully saturated rings. The third kappa shape index (κ3) is 3.80. The van der Waals surface area contributed by atoms with Crippen LogP contribution >= 0.6 is 39.7 Å². The van der Waals surface area contributed by atoms with Crippen molar-refractivity contribution in [2.45, 2.75) is 13.5 Å². The van der Waals surface area contributed by atoms with Crippen molar-refractivity contribution in [3.05, 3.63) is 74.9 Å². The van der Waals surface area contributed by atoms with Crippen LogP contribution in [-0.4, -0.2) is 32.9 Å². The average Bonchev–Trinajstić information content (AvgIpc) is 3.03. The molecule has 1 aliphatic heterocycles. The van der Waals surface area contributed by atoms with Gasteiger partial charge in [0.25, 0.3) is 11.8 Å². The summed E-state index contributed by atoms with van der Waals surface area (Å²) in [5.41, 5.74) is 2.77. The summed E-state index contributed by atoms with van der Waals surface area (Å²) < 4.78 is 2.96. The van der Waals surface area contributed by atoms with Gasteiger partial charge in [-0.1, -0.05) is 45.7 Å². The minimum atomic E-state index is -0.489. The standard InChI is InChI=1S/C22H17BrClN3O2S/c1-2-27-21(29)17(20(28)25-22(27)30)9-14-12-26(11-13-5-3-4-6-18(13)24)19-8-7-15(23)10-16(14)19/h3-10,12H,2,11H2,1H3,(H,25,28,30)/b17-9+. The number of halogens is 2. The molecule has 30 heavy (non-hydrogen) atoms. The van der Waals surface area contributed by atoms with E-state index >= 15 is 0 Å². The van der Waals surface area contributed by atoms with E-state index in [0.717, 1.165) is 26.5 Å². The molecular formula is C22H17BrClN3O2S. The normalized spacial score (nSPS) is 15.9. The predicted octanol–water partition coefficient (Wildman–Crippen LogP) is 4.75. The zero-order chi connectivity index (χ0) is 21.4. The fourth-order valence-corrected chi connectivity index (χ4v) is 4.35. The minimum absolute atomic E-state index is 0.0576. The van der Waals surface area contributed by atoms with Gasteiger partial charge in [0.05, 0.1) is 0 Å². The summed E-state index contributed by atoms with van der Waals surface area (Å²) in [6.07, 6.45) is 3.55. The van der Waals surface area contributed by atoms with Crippen molar-refractivity contribution in [3.8, 4) is 0 Å². The fraction of sp³-hybridized carbons (Fsp3) is 0.136. The van der Waals surface area contributed by atoms with Crippen LogP contribution in [0.25, 0.3) is 17.0 Å². The number of thiocarbonyl (C=S) groups is 1. The molecule has 8 heteroatoms. The van der Waals surface area contributed by atoms with Crippen molar-refractivity contribution in [3.63, 3.8) is 0 Å². The number of hydrogen-bond acceptors (Lipinski definition) is 3. The van der Waals surface area contributed by atoms with Gasteiger partial charge in [-0.3, -0.25) is 19.8 Å². The summed E-state index contributed by atoms with van der Waals surface area (Å²) >= 11 is 15.0. The molecule has 0 spiro atoms. The smallest absolute Gasteiger partial charge is 0.265 e. The first-order valence-electron chi connectivity index (χ1n) is 9.29. The van der Waals surface area contributed by atoms with Crippen LogP contribution in [0.1, 0.15) is 18.1 Å². The second-order valence-corrected chi connectivity index (χ2v) is 8.54.